The highest BCUT2D eigenvalue weighted by Gasteiger charge is 2.14. The predicted octanol–water partition coefficient (Wildman–Crippen LogP) is 4.10. The summed E-state index contributed by atoms with van der Waals surface area (Å²) in [6, 6.07) is 16.7. The smallest absolute Gasteiger partial charge is 0.191 e. The van der Waals surface area contributed by atoms with Gasteiger partial charge in [-0.05, 0) is 35.9 Å². The van der Waals surface area contributed by atoms with Gasteiger partial charge in [0.25, 0.3) is 0 Å². The van der Waals surface area contributed by atoms with Gasteiger partial charge in [-0.25, -0.2) is 9.07 Å². The summed E-state index contributed by atoms with van der Waals surface area (Å²) >= 11 is 1.57. The molecule has 0 saturated carbocycles. The Labute approximate surface area is 154 Å². The van der Waals surface area contributed by atoms with Crippen LogP contribution in [0.1, 0.15) is 5.56 Å². The van der Waals surface area contributed by atoms with Crippen LogP contribution in [0.3, 0.4) is 0 Å². The summed E-state index contributed by atoms with van der Waals surface area (Å²) in [4.78, 5) is 0. The maximum absolute atomic E-state index is 14.0. The van der Waals surface area contributed by atoms with Crippen molar-refractivity contribution in [2.24, 2.45) is 7.05 Å². The summed E-state index contributed by atoms with van der Waals surface area (Å²) in [5, 5.41) is 13.3. The normalized spacial score (nSPS) is 11.0. The van der Waals surface area contributed by atoms with Gasteiger partial charge in [0.15, 0.2) is 11.0 Å². The maximum Gasteiger partial charge on any atom is 0.191 e. The fraction of sp³-hybridized carbons (Fsp3) is 0.105. The van der Waals surface area contributed by atoms with Crippen LogP contribution in [0.2, 0.25) is 0 Å². The predicted molar refractivity (Wildman–Crippen MR) is 99.5 cm³/mol. The molecule has 0 unspecified atom stereocenters. The molecule has 0 bridgehead atoms. The molecule has 0 aliphatic rings. The number of hydrogen-bond acceptors (Lipinski definition) is 4. The van der Waals surface area contributed by atoms with E-state index in [0.29, 0.717) is 11.4 Å². The average Bonchev–Trinajstić information content (AvgIpc) is 3.32. The van der Waals surface area contributed by atoms with Gasteiger partial charge in [-0.1, -0.05) is 36.0 Å². The van der Waals surface area contributed by atoms with Crippen LogP contribution >= 0.6 is 11.8 Å². The molecule has 7 heteroatoms. The summed E-state index contributed by atoms with van der Waals surface area (Å²) in [5.74, 6) is 0.983. The van der Waals surface area contributed by atoms with E-state index in [-0.39, 0.29) is 5.82 Å². The molecule has 0 amide bonds. The van der Waals surface area contributed by atoms with E-state index in [4.69, 9.17) is 0 Å². The van der Waals surface area contributed by atoms with Gasteiger partial charge in [0, 0.05) is 25.2 Å². The number of nitrogens with zero attached hydrogens (tertiary/aromatic N) is 5. The second-order valence-corrected chi connectivity index (χ2v) is 6.69. The molecular formula is C19H16FN5S. The van der Waals surface area contributed by atoms with Gasteiger partial charge in [-0.3, -0.25) is 0 Å². The Kier molecular flexibility index (Phi) is 4.53. The Hall–Kier alpha value is -2.93. The zero-order chi connectivity index (χ0) is 17.9. The van der Waals surface area contributed by atoms with E-state index in [1.54, 1.807) is 36.2 Å². The number of aromatic nitrogens is 5. The molecule has 2 aromatic carbocycles. The lowest BCUT2D eigenvalue weighted by atomic mass is 10.2. The minimum atomic E-state index is -0.297. The summed E-state index contributed by atoms with van der Waals surface area (Å²) < 4.78 is 17.6. The monoisotopic (exact) mass is 365 g/mol. The summed E-state index contributed by atoms with van der Waals surface area (Å²) in [5.41, 5.74) is 2.64. The Morgan fingerprint density at radius 3 is 2.54 bits per heavy atom. The van der Waals surface area contributed by atoms with E-state index >= 15 is 0 Å². The molecule has 26 heavy (non-hydrogen) atoms. The molecular weight excluding hydrogens is 349 g/mol. The van der Waals surface area contributed by atoms with Gasteiger partial charge in [-0.15, -0.1) is 10.2 Å². The second-order valence-electron chi connectivity index (χ2n) is 5.75. The SMILES string of the molecule is Cn1c(SCc2ccc(-n3cccn3)cc2)nnc1-c1ccccc1F. The van der Waals surface area contributed by atoms with Crippen LogP contribution < -0.4 is 0 Å². The first kappa shape index (κ1) is 16.5. The van der Waals surface area contributed by atoms with Crippen molar-refractivity contribution in [3.8, 4) is 17.1 Å². The number of hydrogen-bond donors (Lipinski definition) is 0. The molecule has 0 aliphatic heterocycles. The summed E-state index contributed by atoms with van der Waals surface area (Å²) in [6.07, 6.45) is 3.67. The average molecular weight is 365 g/mol. The van der Waals surface area contributed by atoms with Gasteiger partial charge < -0.3 is 4.57 Å². The largest absolute Gasteiger partial charge is 0.305 e. The standard InChI is InChI=1S/C19H16FN5S/c1-24-18(16-5-2-3-6-17(16)20)22-23-19(24)26-13-14-7-9-15(10-8-14)25-12-4-11-21-25/h2-12H,13H2,1H3. The van der Waals surface area contributed by atoms with E-state index < -0.39 is 0 Å². The minimum Gasteiger partial charge on any atom is -0.305 e. The third kappa shape index (κ3) is 3.25. The van der Waals surface area contributed by atoms with E-state index in [0.717, 1.165) is 16.6 Å². The fourth-order valence-electron chi connectivity index (χ4n) is 2.63. The first-order valence-electron chi connectivity index (χ1n) is 8.08. The molecule has 0 atom stereocenters. The van der Waals surface area contributed by atoms with Crippen LogP contribution in [0.15, 0.2) is 72.1 Å². The van der Waals surface area contributed by atoms with Crippen LogP contribution in [0.4, 0.5) is 4.39 Å². The van der Waals surface area contributed by atoms with E-state index in [2.05, 4.69) is 27.4 Å². The minimum absolute atomic E-state index is 0.297. The van der Waals surface area contributed by atoms with E-state index in [1.807, 2.05) is 40.7 Å². The maximum atomic E-state index is 14.0. The first-order valence-corrected chi connectivity index (χ1v) is 9.07. The van der Waals surface area contributed by atoms with E-state index in [9.17, 15) is 4.39 Å². The van der Waals surface area contributed by atoms with Crippen molar-refractivity contribution in [3.05, 3.63) is 78.4 Å². The molecule has 0 aliphatic carbocycles. The van der Waals surface area contributed by atoms with Crippen molar-refractivity contribution in [3.63, 3.8) is 0 Å². The Morgan fingerprint density at radius 2 is 1.81 bits per heavy atom. The van der Waals surface area contributed by atoms with Crippen molar-refractivity contribution in [2.75, 3.05) is 0 Å². The van der Waals surface area contributed by atoms with Gasteiger partial charge in [0.2, 0.25) is 0 Å². The number of rotatable bonds is 5. The Morgan fingerprint density at radius 1 is 1.00 bits per heavy atom. The van der Waals surface area contributed by atoms with Crippen molar-refractivity contribution < 1.29 is 4.39 Å². The molecule has 130 valence electrons. The molecule has 0 saturated heterocycles. The van der Waals surface area contributed by atoms with Gasteiger partial charge in [0.05, 0.1) is 11.3 Å². The van der Waals surface area contributed by atoms with Crippen molar-refractivity contribution in [1.82, 2.24) is 24.5 Å². The van der Waals surface area contributed by atoms with Gasteiger partial charge in [-0.2, -0.15) is 5.10 Å². The van der Waals surface area contributed by atoms with E-state index in [1.165, 1.54) is 11.6 Å². The highest BCUT2D eigenvalue weighted by Crippen LogP contribution is 2.26. The van der Waals surface area contributed by atoms with Crippen molar-refractivity contribution in [1.29, 1.82) is 0 Å². The van der Waals surface area contributed by atoms with Crippen molar-refractivity contribution in [2.45, 2.75) is 10.9 Å². The lowest BCUT2D eigenvalue weighted by Crippen LogP contribution is -1.97. The molecule has 2 heterocycles. The van der Waals surface area contributed by atoms with Gasteiger partial charge >= 0.3 is 0 Å². The van der Waals surface area contributed by atoms with Crippen LogP contribution in [0, 0.1) is 5.82 Å². The quantitative estimate of drug-likeness (QED) is 0.500. The summed E-state index contributed by atoms with van der Waals surface area (Å²) in [6.45, 7) is 0. The second kappa shape index (κ2) is 7.13. The molecule has 4 aromatic rings. The topological polar surface area (TPSA) is 48.5 Å². The first-order chi connectivity index (χ1) is 12.7. The lowest BCUT2D eigenvalue weighted by Gasteiger charge is -2.06. The zero-order valence-corrected chi connectivity index (χ0v) is 14.9. The number of thioether (sulfide) groups is 1. The highest BCUT2D eigenvalue weighted by molar-refractivity contribution is 7.98. The van der Waals surface area contributed by atoms with Crippen LogP contribution in [-0.4, -0.2) is 24.5 Å². The highest BCUT2D eigenvalue weighted by atomic mass is 32.2. The number of halogens is 1. The molecule has 0 N–H and O–H groups in total. The number of benzene rings is 2. The van der Waals surface area contributed by atoms with Crippen molar-refractivity contribution >= 4 is 11.8 Å². The summed E-state index contributed by atoms with van der Waals surface area (Å²) in [7, 11) is 1.85. The third-order valence-corrected chi connectivity index (χ3v) is 5.11. The third-order valence-electron chi connectivity index (χ3n) is 4.02. The molecule has 5 nitrogen and oxygen atoms in total. The van der Waals surface area contributed by atoms with Gasteiger partial charge in [0.1, 0.15) is 5.82 Å². The molecule has 0 spiro atoms. The fourth-order valence-corrected chi connectivity index (χ4v) is 3.50. The lowest BCUT2D eigenvalue weighted by molar-refractivity contribution is 0.628. The van der Waals surface area contributed by atoms with Crippen LogP contribution in [0.25, 0.3) is 17.1 Å². The Bertz CT molecular complexity index is 1010. The molecule has 0 radical (unpaired) electrons. The zero-order valence-electron chi connectivity index (χ0n) is 14.1. The molecule has 0 fully saturated rings. The Balaban J connectivity index is 1.48. The van der Waals surface area contributed by atoms with Crippen LogP contribution in [0.5, 0.6) is 0 Å². The molecule has 2 aromatic heterocycles. The molecule has 4 rings (SSSR count). The van der Waals surface area contributed by atoms with Crippen LogP contribution in [-0.2, 0) is 12.8 Å².